The molecule has 0 atom stereocenters. The molecule has 1 aromatic heterocycles. The Morgan fingerprint density at radius 2 is 1.79 bits per heavy atom. The van der Waals surface area contributed by atoms with Gasteiger partial charge >= 0.3 is 6.09 Å². The highest BCUT2D eigenvalue weighted by molar-refractivity contribution is 5.91. The lowest BCUT2D eigenvalue weighted by Gasteiger charge is -2.08. The Morgan fingerprint density at radius 3 is 2.39 bits per heavy atom. The van der Waals surface area contributed by atoms with E-state index in [1.165, 1.54) is 0 Å². The summed E-state index contributed by atoms with van der Waals surface area (Å²) in [4.78, 5) is 25.5. The van der Waals surface area contributed by atoms with Gasteiger partial charge in [-0.3, -0.25) is 4.79 Å². The predicted molar refractivity (Wildman–Crippen MR) is 107 cm³/mol. The quantitative estimate of drug-likeness (QED) is 0.300. The number of anilines is 4. The lowest BCUT2D eigenvalue weighted by Crippen LogP contribution is -2.25. The van der Waals surface area contributed by atoms with Crippen LogP contribution in [0, 0.1) is 0 Å². The van der Waals surface area contributed by atoms with Gasteiger partial charge in [0.2, 0.25) is 12.7 Å². The predicted octanol–water partition coefficient (Wildman–Crippen LogP) is 0.494. The summed E-state index contributed by atoms with van der Waals surface area (Å²) in [5.74, 6) is 0.718. The van der Waals surface area contributed by atoms with E-state index in [0.717, 1.165) is 0 Å². The first kappa shape index (κ1) is 22.3. The molecule has 0 unspecified atom stereocenters. The normalized spacial score (nSPS) is 9.50. The Bertz CT molecular complexity index is 786. The van der Waals surface area contributed by atoms with Crippen molar-refractivity contribution in [3.63, 3.8) is 0 Å². The van der Waals surface area contributed by atoms with Crippen LogP contribution in [-0.4, -0.2) is 36.9 Å². The molecule has 1 aromatic carbocycles. The van der Waals surface area contributed by atoms with Crippen LogP contribution in [0.2, 0.25) is 0 Å². The molecule has 0 fully saturated rings. The Balaban J connectivity index is 0.000000283. The second-order valence-corrected chi connectivity index (χ2v) is 5.19. The van der Waals surface area contributed by atoms with Crippen LogP contribution in [0.25, 0.3) is 0 Å². The van der Waals surface area contributed by atoms with Crippen molar-refractivity contribution in [1.29, 1.82) is 0 Å². The van der Waals surface area contributed by atoms with Gasteiger partial charge < -0.3 is 43.0 Å². The van der Waals surface area contributed by atoms with Crippen molar-refractivity contribution in [2.45, 2.75) is 6.92 Å². The molecule has 152 valence electrons. The molecule has 0 radical (unpaired) electrons. The number of nitrogen functional groups attached to an aromatic ring is 3. The molecule has 11 heteroatoms. The van der Waals surface area contributed by atoms with E-state index < -0.39 is 6.09 Å². The lowest BCUT2D eigenvalue weighted by atomic mass is 10.3. The highest BCUT2D eigenvalue weighted by atomic mass is 16.7. The van der Waals surface area contributed by atoms with Gasteiger partial charge in [-0.25, -0.2) is 9.78 Å². The summed E-state index contributed by atoms with van der Waals surface area (Å²) >= 11 is 0. The number of carbonyl (C=O) groups excluding carboxylic acids is 2. The Morgan fingerprint density at radius 1 is 1.07 bits per heavy atom. The average Bonchev–Trinajstić information content (AvgIpc) is 2.67. The SMILES string of the molecule is CCNC(=O)OCOc1ccccc1N.NCC(=O)Nc1ccc(N)c(N)n1. The number of nitrogens with zero attached hydrogens (tertiary/aromatic N) is 1. The number of nitrogens with two attached hydrogens (primary N) is 4. The summed E-state index contributed by atoms with van der Waals surface area (Å²) in [6, 6.07) is 10.1. The fourth-order valence-electron chi connectivity index (χ4n) is 1.70. The van der Waals surface area contributed by atoms with E-state index in [1.807, 2.05) is 0 Å². The van der Waals surface area contributed by atoms with Gasteiger partial charge in [-0.05, 0) is 31.2 Å². The molecular weight excluding hydrogens is 366 g/mol. The number of hydrogen-bond donors (Lipinski definition) is 6. The summed E-state index contributed by atoms with van der Waals surface area (Å²) in [6.45, 7) is 2.08. The number of para-hydroxylation sites is 2. The van der Waals surface area contributed by atoms with Gasteiger partial charge in [0.25, 0.3) is 0 Å². The minimum absolute atomic E-state index is 0.0913. The number of pyridine rings is 1. The average molecular weight is 391 g/mol. The first-order valence-electron chi connectivity index (χ1n) is 8.27. The monoisotopic (exact) mass is 391 g/mol. The van der Waals surface area contributed by atoms with Crippen LogP contribution >= 0.6 is 0 Å². The van der Waals surface area contributed by atoms with E-state index >= 15 is 0 Å². The van der Waals surface area contributed by atoms with Gasteiger partial charge in [0, 0.05) is 6.54 Å². The second kappa shape index (κ2) is 11.8. The lowest BCUT2D eigenvalue weighted by molar-refractivity contribution is -0.114. The van der Waals surface area contributed by atoms with Crippen molar-refractivity contribution in [2.24, 2.45) is 5.73 Å². The smallest absolute Gasteiger partial charge is 0.410 e. The van der Waals surface area contributed by atoms with Gasteiger partial charge in [-0.2, -0.15) is 0 Å². The van der Waals surface area contributed by atoms with E-state index in [-0.39, 0.29) is 25.1 Å². The molecule has 0 aliphatic carbocycles. The van der Waals surface area contributed by atoms with Gasteiger partial charge in [0.1, 0.15) is 17.4 Å². The van der Waals surface area contributed by atoms with E-state index in [1.54, 1.807) is 43.3 Å². The highest BCUT2D eigenvalue weighted by Crippen LogP contribution is 2.19. The zero-order chi connectivity index (χ0) is 20.9. The standard InChI is InChI=1S/C10H14N2O3.C7H11N5O/c1-2-12-10(13)15-7-14-9-6-4-3-5-8(9)11;8-3-6(13)11-5-2-1-4(9)7(10)12-5/h3-6H,2,7,11H2,1H3,(H,12,13);1-2H,3,8-9H2,(H3,10,11,12,13). The Kier molecular flexibility index (Phi) is 9.40. The van der Waals surface area contributed by atoms with E-state index in [9.17, 15) is 9.59 Å². The van der Waals surface area contributed by atoms with Crippen molar-refractivity contribution in [3.05, 3.63) is 36.4 Å². The number of rotatable bonds is 6. The minimum atomic E-state index is -0.507. The third kappa shape index (κ3) is 8.10. The number of alkyl carbamates (subject to hydrolysis) is 1. The molecule has 0 spiro atoms. The summed E-state index contributed by atoms with van der Waals surface area (Å²) in [5, 5.41) is 4.92. The first-order chi connectivity index (χ1) is 13.4. The number of carbonyl (C=O) groups is 2. The molecular formula is C17H25N7O4. The van der Waals surface area contributed by atoms with Crippen LogP contribution in [-0.2, 0) is 9.53 Å². The third-order valence-corrected chi connectivity index (χ3v) is 3.05. The van der Waals surface area contributed by atoms with E-state index in [0.29, 0.717) is 29.5 Å². The molecule has 10 N–H and O–H groups in total. The van der Waals surface area contributed by atoms with Crippen molar-refractivity contribution >= 4 is 35.0 Å². The maximum absolute atomic E-state index is 10.9. The third-order valence-electron chi connectivity index (χ3n) is 3.05. The number of nitrogens with one attached hydrogen (secondary N) is 2. The molecule has 0 aliphatic heterocycles. The molecule has 2 amide bonds. The highest BCUT2D eigenvalue weighted by Gasteiger charge is 2.02. The van der Waals surface area contributed by atoms with Crippen molar-refractivity contribution < 1.29 is 19.1 Å². The van der Waals surface area contributed by atoms with Gasteiger partial charge in [0.15, 0.2) is 0 Å². The maximum atomic E-state index is 10.9. The van der Waals surface area contributed by atoms with Crippen molar-refractivity contribution in [2.75, 3.05) is 42.4 Å². The maximum Gasteiger partial charge on any atom is 0.410 e. The topological polar surface area (TPSA) is 194 Å². The van der Waals surface area contributed by atoms with Crippen LogP contribution in [0.3, 0.4) is 0 Å². The van der Waals surface area contributed by atoms with E-state index in [4.69, 9.17) is 32.4 Å². The molecule has 0 saturated carbocycles. The fraction of sp³-hybridized carbons (Fsp3) is 0.235. The summed E-state index contributed by atoms with van der Waals surface area (Å²) in [7, 11) is 0. The number of ether oxygens (including phenoxy) is 2. The molecule has 2 aromatic rings. The molecule has 28 heavy (non-hydrogen) atoms. The first-order valence-corrected chi connectivity index (χ1v) is 8.27. The van der Waals surface area contributed by atoms with Crippen LogP contribution < -0.4 is 38.3 Å². The fourth-order valence-corrected chi connectivity index (χ4v) is 1.70. The zero-order valence-corrected chi connectivity index (χ0v) is 15.5. The van der Waals surface area contributed by atoms with Gasteiger partial charge in [-0.1, -0.05) is 12.1 Å². The van der Waals surface area contributed by atoms with Gasteiger partial charge in [0.05, 0.1) is 17.9 Å². The van der Waals surface area contributed by atoms with Crippen molar-refractivity contribution in [1.82, 2.24) is 10.3 Å². The summed E-state index contributed by atoms with van der Waals surface area (Å²) in [5.41, 5.74) is 22.4. The number of hydrogen-bond acceptors (Lipinski definition) is 9. The molecule has 0 bridgehead atoms. The van der Waals surface area contributed by atoms with Crippen LogP contribution in [0.15, 0.2) is 36.4 Å². The molecule has 2 rings (SSSR count). The molecule has 11 nitrogen and oxygen atoms in total. The number of amides is 2. The Hall–Kier alpha value is -3.73. The van der Waals surface area contributed by atoms with E-state index in [2.05, 4.69) is 15.6 Å². The minimum Gasteiger partial charge on any atom is -0.455 e. The Labute approximate surface area is 162 Å². The van der Waals surface area contributed by atoms with Crippen LogP contribution in [0.4, 0.5) is 27.8 Å². The van der Waals surface area contributed by atoms with Crippen LogP contribution in [0.1, 0.15) is 6.92 Å². The largest absolute Gasteiger partial charge is 0.455 e. The summed E-state index contributed by atoms with van der Waals surface area (Å²) in [6.07, 6.45) is -0.507. The number of benzene rings is 1. The zero-order valence-electron chi connectivity index (χ0n) is 15.5. The van der Waals surface area contributed by atoms with Crippen molar-refractivity contribution in [3.8, 4) is 5.75 Å². The van der Waals surface area contributed by atoms with Gasteiger partial charge in [-0.15, -0.1) is 0 Å². The second-order valence-electron chi connectivity index (χ2n) is 5.19. The molecule has 0 saturated heterocycles. The molecule has 0 aliphatic rings. The summed E-state index contributed by atoms with van der Waals surface area (Å²) < 4.78 is 9.86. The molecule has 1 heterocycles. The number of aromatic nitrogens is 1. The van der Waals surface area contributed by atoms with Crippen LogP contribution in [0.5, 0.6) is 5.75 Å².